The number of hydrogen-bond acceptors (Lipinski definition) is 5. The Labute approximate surface area is 115 Å². The second-order valence-electron chi connectivity index (χ2n) is 4.41. The number of aliphatic hydroxyl groups excluding tert-OH is 1. The molecular formula is C11H14FN3O4S. The summed E-state index contributed by atoms with van der Waals surface area (Å²) in [5, 5.41) is 12.3. The van der Waals surface area contributed by atoms with Crippen molar-refractivity contribution in [3.8, 4) is 0 Å². The second-order valence-corrected chi connectivity index (χ2v) is 6.22. The highest BCUT2D eigenvalue weighted by Crippen LogP contribution is 2.19. The van der Waals surface area contributed by atoms with Crippen molar-refractivity contribution in [3.05, 3.63) is 30.1 Å². The molecule has 1 saturated heterocycles. The molecule has 1 heterocycles. The highest BCUT2D eigenvalue weighted by Gasteiger charge is 2.42. The molecule has 2 rings (SSSR count). The third kappa shape index (κ3) is 2.89. The van der Waals surface area contributed by atoms with Gasteiger partial charge in [-0.05, 0) is 19.1 Å². The predicted octanol–water partition coefficient (Wildman–Crippen LogP) is -0.680. The van der Waals surface area contributed by atoms with Crippen LogP contribution in [0.4, 0.5) is 10.1 Å². The van der Waals surface area contributed by atoms with Crippen molar-refractivity contribution in [2.45, 2.75) is 24.6 Å². The molecule has 0 bridgehead atoms. The van der Waals surface area contributed by atoms with E-state index in [0.717, 1.165) is 6.07 Å². The first-order valence-corrected chi connectivity index (χ1v) is 7.36. The molecule has 110 valence electrons. The maximum Gasteiger partial charge on any atom is 0.246 e. The van der Waals surface area contributed by atoms with Crippen LogP contribution in [0.1, 0.15) is 6.92 Å². The van der Waals surface area contributed by atoms with Gasteiger partial charge in [-0.3, -0.25) is 14.8 Å². The van der Waals surface area contributed by atoms with Crippen molar-refractivity contribution >= 4 is 21.6 Å². The van der Waals surface area contributed by atoms with E-state index in [1.807, 2.05) is 4.72 Å². The zero-order valence-corrected chi connectivity index (χ0v) is 11.3. The number of hydrogen-bond donors (Lipinski definition) is 4. The van der Waals surface area contributed by atoms with Crippen LogP contribution in [0.25, 0.3) is 0 Å². The van der Waals surface area contributed by atoms with Crippen LogP contribution >= 0.6 is 0 Å². The summed E-state index contributed by atoms with van der Waals surface area (Å²) in [6, 6.07) is 4.40. The number of nitrogens with one attached hydrogen (secondary N) is 3. The lowest BCUT2D eigenvalue weighted by Gasteiger charge is -2.32. The number of aliphatic hydroxyl groups is 1. The van der Waals surface area contributed by atoms with Crippen LogP contribution in [0.3, 0.4) is 0 Å². The Morgan fingerprint density at radius 2 is 2.00 bits per heavy atom. The van der Waals surface area contributed by atoms with Gasteiger partial charge in [-0.15, -0.1) is 0 Å². The Morgan fingerprint density at radius 1 is 1.35 bits per heavy atom. The van der Waals surface area contributed by atoms with Crippen LogP contribution in [0.15, 0.2) is 24.3 Å². The molecule has 3 atom stereocenters. The van der Waals surface area contributed by atoms with Crippen LogP contribution < -0.4 is 15.4 Å². The van der Waals surface area contributed by atoms with Crippen LogP contribution in [0, 0.1) is 5.82 Å². The monoisotopic (exact) mass is 303 g/mol. The summed E-state index contributed by atoms with van der Waals surface area (Å²) in [6.45, 7) is 1.44. The van der Waals surface area contributed by atoms with Crippen LogP contribution in [0.5, 0.6) is 0 Å². The average Bonchev–Trinajstić information content (AvgIpc) is 2.30. The highest BCUT2D eigenvalue weighted by molar-refractivity contribution is 7.94. The highest BCUT2D eigenvalue weighted by atomic mass is 32.2. The first-order chi connectivity index (χ1) is 9.31. The minimum Gasteiger partial charge on any atom is -0.361 e. The second kappa shape index (κ2) is 5.35. The molecule has 1 aromatic rings. The number of rotatable bonds is 3. The van der Waals surface area contributed by atoms with Crippen molar-refractivity contribution in [3.63, 3.8) is 0 Å². The molecule has 0 spiro atoms. The Hall–Kier alpha value is -1.71. The average molecular weight is 303 g/mol. The molecule has 0 saturated carbocycles. The van der Waals surface area contributed by atoms with Crippen molar-refractivity contribution in [2.75, 3.05) is 4.72 Å². The van der Waals surface area contributed by atoms with E-state index >= 15 is 0 Å². The number of halogens is 1. The van der Waals surface area contributed by atoms with E-state index in [-0.39, 0.29) is 5.69 Å². The molecule has 1 fully saturated rings. The molecule has 9 heteroatoms. The number of anilines is 1. The van der Waals surface area contributed by atoms with Crippen molar-refractivity contribution < 1.29 is 22.7 Å². The topological polar surface area (TPSA) is 108 Å². The van der Waals surface area contributed by atoms with Crippen LogP contribution in [-0.4, -0.2) is 37.1 Å². The van der Waals surface area contributed by atoms with Gasteiger partial charge < -0.3 is 10.4 Å². The Balaban J connectivity index is 2.26. The smallest absolute Gasteiger partial charge is 0.246 e. The third-order valence-corrected chi connectivity index (χ3v) is 4.67. The minimum absolute atomic E-state index is 0.237. The largest absolute Gasteiger partial charge is 0.361 e. The van der Waals surface area contributed by atoms with E-state index in [1.54, 1.807) is 0 Å². The molecule has 0 aromatic heterocycles. The summed E-state index contributed by atoms with van der Waals surface area (Å²) in [5.74, 6) is -1.60. The lowest BCUT2D eigenvalue weighted by atomic mass is 10.2. The van der Waals surface area contributed by atoms with Crippen LogP contribution in [0.2, 0.25) is 0 Å². The molecule has 4 N–H and O–H groups in total. The van der Waals surface area contributed by atoms with E-state index in [1.165, 1.54) is 25.1 Å². The SMILES string of the molecule is CC1NC(O)NC(=O)C1S(=O)(=O)Nc1ccccc1F. The molecule has 3 unspecified atom stereocenters. The number of benzene rings is 1. The van der Waals surface area contributed by atoms with Gasteiger partial charge in [-0.1, -0.05) is 12.1 Å². The fraction of sp³-hybridized carbons (Fsp3) is 0.364. The molecule has 0 aliphatic carbocycles. The Bertz CT molecular complexity index is 622. The Kier molecular flexibility index (Phi) is 3.93. The van der Waals surface area contributed by atoms with E-state index in [4.69, 9.17) is 0 Å². The lowest BCUT2D eigenvalue weighted by Crippen LogP contribution is -2.65. The van der Waals surface area contributed by atoms with Gasteiger partial charge in [0.1, 0.15) is 5.82 Å². The first-order valence-electron chi connectivity index (χ1n) is 5.82. The summed E-state index contributed by atoms with van der Waals surface area (Å²) in [7, 11) is -4.16. The lowest BCUT2D eigenvalue weighted by molar-refractivity contribution is -0.127. The molecule has 1 aromatic carbocycles. The number of para-hydroxylation sites is 1. The van der Waals surface area contributed by atoms with Gasteiger partial charge in [-0.2, -0.15) is 0 Å². The van der Waals surface area contributed by atoms with E-state index in [9.17, 15) is 22.7 Å². The fourth-order valence-electron chi connectivity index (χ4n) is 1.99. The molecule has 20 heavy (non-hydrogen) atoms. The van der Waals surface area contributed by atoms with Gasteiger partial charge in [0.05, 0.1) is 5.69 Å². The quantitative estimate of drug-likeness (QED) is 0.592. The maximum absolute atomic E-state index is 13.5. The van der Waals surface area contributed by atoms with E-state index in [0.29, 0.717) is 0 Å². The summed E-state index contributed by atoms with van der Waals surface area (Å²) < 4.78 is 39.9. The van der Waals surface area contributed by atoms with Gasteiger partial charge in [0.25, 0.3) is 0 Å². The summed E-state index contributed by atoms with van der Waals surface area (Å²) in [4.78, 5) is 11.7. The number of sulfonamides is 1. The minimum atomic E-state index is -4.16. The van der Waals surface area contributed by atoms with Crippen molar-refractivity contribution in [2.24, 2.45) is 0 Å². The van der Waals surface area contributed by atoms with E-state index < -0.39 is 39.4 Å². The van der Waals surface area contributed by atoms with Gasteiger partial charge in [-0.25, -0.2) is 12.8 Å². The standard InChI is InChI=1S/C11H14FN3O4S/c1-6-9(10(16)14-11(17)13-6)20(18,19)15-8-5-3-2-4-7(8)12/h2-6,9,11,13,15,17H,1H3,(H,14,16). The maximum atomic E-state index is 13.5. The molecular weight excluding hydrogens is 289 g/mol. The molecule has 7 nitrogen and oxygen atoms in total. The summed E-state index contributed by atoms with van der Waals surface area (Å²) in [6.07, 6.45) is -1.31. The van der Waals surface area contributed by atoms with Crippen molar-refractivity contribution in [1.82, 2.24) is 10.6 Å². The van der Waals surface area contributed by atoms with Gasteiger partial charge in [0.15, 0.2) is 11.6 Å². The number of carbonyl (C=O) groups is 1. The number of amides is 1. The van der Waals surface area contributed by atoms with Gasteiger partial charge in [0, 0.05) is 6.04 Å². The predicted molar refractivity (Wildman–Crippen MR) is 69.5 cm³/mol. The normalized spacial score (nSPS) is 26.9. The summed E-state index contributed by atoms with van der Waals surface area (Å²) >= 11 is 0. The molecule has 1 amide bonds. The summed E-state index contributed by atoms with van der Waals surface area (Å²) in [5.41, 5.74) is -0.237. The number of carbonyl (C=O) groups excluding carboxylic acids is 1. The zero-order chi connectivity index (χ0) is 14.9. The third-order valence-electron chi connectivity index (χ3n) is 2.87. The molecule has 1 aliphatic heterocycles. The molecule has 1 aliphatic rings. The molecule has 0 radical (unpaired) electrons. The van der Waals surface area contributed by atoms with Gasteiger partial charge in [0.2, 0.25) is 15.9 Å². The van der Waals surface area contributed by atoms with Crippen molar-refractivity contribution in [1.29, 1.82) is 0 Å². The van der Waals surface area contributed by atoms with Crippen LogP contribution in [-0.2, 0) is 14.8 Å². The van der Waals surface area contributed by atoms with E-state index in [2.05, 4.69) is 10.6 Å². The Morgan fingerprint density at radius 3 is 2.60 bits per heavy atom. The van der Waals surface area contributed by atoms with Gasteiger partial charge >= 0.3 is 0 Å². The first kappa shape index (κ1) is 14.7. The fourth-order valence-corrected chi connectivity index (χ4v) is 3.56. The zero-order valence-electron chi connectivity index (χ0n) is 10.5.